The average Bonchev–Trinajstić information content (AvgIpc) is 3.02. The molecule has 5 N–H and O–H groups in total. The number of anilines is 2. The zero-order valence-corrected chi connectivity index (χ0v) is 12.8. The number of carbonyl (C=O) groups is 2. The van der Waals surface area contributed by atoms with Crippen LogP contribution in [-0.4, -0.2) is 32.2 Å². The summed E-state index contributed by atoms with van der Waals surface area (Å²) in [6.07, 6.45) is 1.66. The summed E-state index contributed by atoms with van der Waals surface area (Å²) >= 11 is 0.873. The van der Waals surface area contributed by atoms with Crippen molar-refractivity contribution < 1.29 is 19.1 Å². The van der Waals surface area contributed by atoms with Gasteiger partial charge in [-0.2, -0.15) is 0 Å². The molecule has 1 amide bonds. The van der Waals surface area contributed by atoms with Crippen molar-refractivity contribution in [3.8, 4) is 0 Å². The van der Waals surface area contributed by atoms with Crippen molar-refractivity contribution in [3.63, 3.8) is 0 Å². The standard InChI is InChI=1S/C13H14N4O5S/c1-2-7(12(20)21)23-13-16-9(14)8(11(19)17-13)15-10(18)6-4-3-5-22-6/h3-5,7H,2H2,1H3,(H,15,18)(H,20,21)(H3,14,16,17,19)/t7-/m0/s1. The third-order valence-electron chi connectivity index (χ3n) is 2.81. The van der Waals surface area contributed by atoms with Gasteiger partial charge >= 0.3 is 5.97 Å². The number of carbonyl (C=O) groups excluding carboxylic acids is 1. The molecule has 23 heavy (non-hydrogen) atoms. The summed E-state index contributed by atoms with van der Waals surface area (Å²) in [5.74, 6) is -1.86. The Labute approximate surface area is 134 Å². The fraction of sp³-hybridized carbons (Fsp3) is 0.231. The Morgan fingerprint density at radius 3 is 2.83 bits per heavy atom. The Morgan fingerprint density at radius 1 is 1.57 bits per heavy atom. The number of nitrogen functional groups attached to an aromatic ring is 1. The molecule has 0 bridgehead atoms. The summed E-state index contributed by atoms with van der Waals surface area (Å²) in [5.41, 5.74) is 4.78. The first kappa shape index (κ1) is 16.6. The molecule has 2 aromatic rings. The first-order valence-electron chi connectivity index (χ1n) is 6.56. The Bertz CT molecular complexity index is 771. The minimum Gasteiger partial charge on any atom is -0.480 e. The van der Waals surface area contributed by atoms with E-state index in [1.807, 2.05) is 0 Å². The van der Waals surface area contributed by atoms with Crippen molar-refractivity contribution in [2.24, 2.45) is 0 Å². The molecule has 0 saturated heterocycles. The molecule has 0 spiro atoms. The van der Waals surface area contributed by atoms with Crippen LogP contribution in [0.25, 0.3) is 0 Å². The molecule has 0 fully saturated rings. The van der Waals surface area contributed by atoms with Gasteiger partial charge in [0.25, 0.3) is 11.5 Å². The van der Waals surface area contributed by atoms with Gasteiger partial charge in [-0.3, -0.25) is 19.4 Å². The number of aliphatic carboxylic acids is 1. The number of carboxylic acids is 1. The van der Waals surface area contributed by atoms with Gasteiger partial charge in [0.2, 0.25) is 0 Å². The van der Waals surface area contributed by atoms with Crippen LogP contribution in [0.15, 0.2) is 32.8 Å². The lowest BCUT2D eigenvalue weighted by molar-refractivity contribution is -0.136. The number of hydrogen-bond donors (Lipinski definition) is 4. The molecule has 2 aromatic heterocycles. The van der Waals surface area contributed by atoms with Crippen LogP contribution in [0.4, 0.5) is 11.5 Å². The number of carboxylic acid groups (broad SMARTS) is 1. The van der Waals surface area contributed by atoms with E-state index in [9.17, 15) is 14.4 Å². The van der Waals surface area contributed by atoms with Gasteiger partial charge in [0.15, 0.2) is 22.4 Å². The molecule has 0 aliphatic heterocycles. The van der Waals surface area contributed by atoms with E-state index in [1.54, 1.807) is 6.92 Å². The van der Waals surface area contributed by atoms with E-state index in [-0.39, 0.29) is 22.4 Å². The molecule has 9 nitrogen and oxygen atoms in total. The molecule has 0 aromatic carbocycles. The highest BCUT2D eigenvalue weighted by atomic mass is 32.2. The van der Waals surface area contributed by atoms with E-state index >= 15 is 0 Å². The fourth-order valence-electron chi connectivity index (χ4n) is 1.67. The van der Waals surface area contributed by atoms with Crippen LogP contribution in [0.3, 0.4) is 0 Å². The number of nitrogens with one attached hydrogen (secondary N) is 2. The number of thioether (sulfide) groups is 1. The lowest BCUT2D eigenvalue weighted by Gasteiger charge is -2.10. The van der Waals surface area contributed by atoms with E-state index < -0.39 is 22.7 Å². The molecule has 0 unspecified atom stereocenters. The van der Waals surface area contributed by atoms with E-state index in [4.69, 9.17) is 15.3 Å². The molecule has 0 radical (unpaired) electrons. The van der Waals surface area contributed by atoms with Gasteiger partial charge in [0, 0.05) is 0 Å². The van der Waals surface area contributed by atoms with Crippen molar-refractivity contribution in [1.82, 2.24) is 9.97 Å². The number of aromatic amines is 1. The highest BCUT2D eigenvalue weighted by Crippen LogP contribution is 2.23. The molecule has 0 aliphatic rings. The monoisotopic (exact) mass is 338 g/mol. The second-order valence-electron chi connectivity index (χ2n) is 4.42. The lowest BCUT2D eigenvalue weighted by Crippen LogP contribution is -2.23. The number of aromatic nitrogens is 2. The number of nitrogens with zero attached hydrogens (tertiary/aromatic N) is 1. The highest BCUT2D eigenvalue weighted by Gasteiger charge is 2.20. The molecular formula is C13H14N4O5S. The van der Waals surface area contributed by atoms with Crippen molar-refractivity contribution in [2.75, 3.05) is 11.1 Å². The van der Waals surface area contributed by atoms with Gasteiger partial charge in [-0.05, 0) is 18.6 Å². The minimum atomic E-state index is -1.02. The van der Waals surface area contributed by atoms with E-state index in [0.29, 0.717) is 6.42 Å². The number of amides is 1. The first-order valence-corrected chi connectivity index (χ1v) is 7.44. The number of rotatable bonds is 6. The highest BCUT2D eigenvalue weighted by molar-refractivity contribution is 8.00. The fourth-order valence-corrected chi connectivity index (χ4v) is 2.51. The smallest absolute Gasteiger partial charge is 0.317 e. The summed E-state index contributed by atoms with van der Waals surface area (Å²) in [6, 6.07) is 2.95. The van der Waals surface area contributed by atoms with E-state index in [2.05, 4.69) is 15.3 Å². The van der Waals surface area contributed by atoms with Crippen molar-refractivity contribution in [1.29, 1.82) is 0 Å². The summed E-state index contributed by atoms with van der Waals surface area (Å²) in [7, 11) is 0. The van der Waals surface area contributed by atoms with Crippen LogP contribution in [0.2, 0.25) is 0 Å². The van der Waals surface area contributed by atoms with Crippen LogP contribution < -0.4 is 16.6 Å². The van der Waals surface area contributed by atoms with Crippen molar-refractivity contribution >= 4 is 35.1 Å². The Balaban J connectivity index is 2.22. The predicted octanol–water partition coefficient (Wildman–Crippen LogP) is 1.15. The van der Waals surface area contributed by atoms with Crippen molar-refractivity contribution in [2.45, 2.75) is 23.8 Å². The van der Waals surface area contributed by atoms with Crippen LogP contribution in [0.5, 0.6) is 0 Å². The van der Waals surface area contributed by atoms with Crippen molar-refractivity contribution in [3.05, 3.63) is 34.5 Å². The quantitative estimate of drug-likeness (QED) is 0.452. The lowest BCUT2D eigenvalue weighted by atomic mass is 10.3. The molecule has 0 aliphatic carbocycles. The van der Waals surface area contributed by atoms with Gasteiger partial charge in [-0.15, -0.1) is 0 Å². The van der Waals surface area contributed by atoms with E-state index in [0.717, 1.165) is 11.8 Å². The number of hydrogen-bond acceptors (Lipinski definition) is 7. The molecule has 10 heteroatoms. The van der Waals surface area contributed by atoms with Gasteiger partial charge in [0.05, 0.1) is 6.26 Å². The Kier molecular flexibility index (Phi) is 5.06. The second-order valence-corrected chi connectivity index (χ2v) is 5.61. The maximum atomic E-state index is 12.0. The maximum Gasteiger partial charge on any atom is 0.317 e. The first-order chi connectivity index (χ1) is 10.9. The summed E-state index contributed by atoms with van der Waals surface area (Å²) in [4.78, 5) is 41.2. The zero-order valence-electron chi connectivity index (χ0n) is 12.0. The largest absolute Gasteiger partial charge is 0.480 e. The van der Waals surface area contributed by atoms with Gasteiger partial charge < -0.3 is 20.6 Å². The van der Waals surface area contributed by atoms with Crippen LogP contribution >= 0.6 is 11.8 Å². The second kappa shape index (κ2) is 7.01. The molecule has 2 heterocycles. The Morgan fingerprint density at radius 2 is 2.30 bits per heavy atom. The van der Waals surface area contributed by atoms with Gasteiger partial charge in [0.1, 0.15) is 5.25 Å². The summed E-state index contributed by atoms with van der Waals surface area (Å²) in [6.45, 7) is 1.70. The maximum absolute atomic E-state index is 12.0. The number of H-pyrrole nitrogens is 1. The summed E-state index contributed by atoms with van der Waals surface area (Å²) < 4.78 is 4.91. The molecule has 2 rings (SSSR count). The number of furan rings is 1. The third kappa shape index (κ3) is 3.92. The zero-order chi connectivity index (χ0) is 17.0. The topological polar surface area (TPSA) is 151 Å². The SMILES string of the molecule is CC[C@H](Sc1nc(N)c(NC(=O)c2ccco2)c(=O)[nH]1)C(=O)O. The van der Waals surface area contributed by atoms with Crippen LogP contribution in [0.1, 0.15) is 23.9 Å². The number of nitrogens with two attached hydrogens (primary N) is 1. The summed E-state index contributed by atoms with van der Waals surface area (Å²) in [5, 5.41) is 10.6. The van der Waals surface area contributed by atoms with Crippen LogP contribution in [-0.2, 0) is 4.79 Å². The average molecular weight is 338 g/mol. The van der Waals surface area contributed by atoms with Gasteiger partial charge in [-0.25, -0.2) is 4.98 Å². The normalized spacial score (nSPS) is 11.9. The van der Waals surface area contributed by atoms with Gasteiger partial charge in [-0.1, -0.05) is 18.7 Å². The van der Waals surface area contributed by atoms with Crippen LogP contribution in [0, 0.1) is 0 Å². The molecule has 1 atom stereocenters. The molecular weight excluding hydrogens is 324 g/mol. The van der Waals surface area contributed by atoms with E-state index in [1.165, 1.54) is 18.4 Å². The third-order valence-corrected chi connectivity index (χ3v) is 4.05. The molecule has 0 saturated carbocycles. The predicted molar refractivity (Wildman–Crippen MR) is 83.5 cm³/mol. The minimum absolute atomic E-state index is 0.0131. The Hall–Kier alpha value is -2.75. The molecule has 122 valence electrons.